The van der Waals surface area contributed by atoms with Crippen LogP contribution in [0.25, 0.3) is 0 Å². The number of hydrogen-bond acceptors (Lipinski definition) is 6. The Morgan fingerprint density at radius 2 is 1.77 bits per heavy atom. The van der Waals surface area contributed by atoms with Gasteiger partial charge in [0.2, 0.25) is 21.8 Å². The maximum Gasteiger partial charge on any atom is 0.271 e. The molecule has 0 aliphatic carbocycles. The number of benzene rings is 2. The van der Waals surface area contributed by atoms with Crippen LogP contribution in [0, 0.1) is 10.1 Å². The monoisotopic (exact) mass is 524 g/mol. The number of carbonyl (C=O) groups excluding carboxylic acids is 2. The fourth-order valence-corrected chi connectivity index (χ4v) is 4.32. The quantitative estimate of drug-likeness (QED) is 0.395. The molecule has 1 atom stereocenters. The lowest BCUT2D eigenvalue weighted by Crippen LogP contribution is -2.54. The van der Waals surface area contributed by atoms with E-state index in [1.807, 2.05) is 0 Å². The first-order valence-corrected chi connectivity index (χ1v) is 12.9. The lowest BCUT2D eigenvalue weighted by atomic mass is 10.1. The Kier molecular flexibility index (Phi) is 8.85. The number of anilines is 1. The van der Waals surface area contributed by atoms with Crippen LogP contribution in [0.4, 0.5) is 11.4 Å². The molecule has 12 heteroatoms. The number of nitro groups is 1. The molecule has 2 aromatic rings. The van der Waals surface area contributed by atoms with E-state index in [0.29, 0.717) is 10.6 Å². The van der Waals surface area contributed by atoms with Crippen molar-refractivity contribution in [2.75, 3.05) is 17.1 Å². The average Bonchev–Trinajstić information content (AvgIpc) is 2.73. The van der Waals surface area contributed by atoms with Crippen molar-refractivity contribution in [1.29, 1.82) is 0 Å². The van der Waals surface area contributed by atoms with Crippen LogP contribution in [0.3, 0.4) is 0 Å². The van der Waals surface area contributed by atoms with E-state index in [0.717, 1.165) is 16.6 Å². The SMILES string of the molecule is C[C@H](C(=O)NC(C)(C)C)N(Cc1cccc(Cl)c1)C(=O)CN(c1cccc([N+](=O)[O-])c1)S(C)(=O)=O. The topological polar surface area (TPSA) is 130 Å². The molecule has 0 bridgehead atoms. The maximum atomic E-state index is 13.5. The summed E-state index contributed by atoms with van der Waals surface area (Å²) in [5.74, 6) is -1.09. The Balaban J connectivity index is 2.45. The molecule has 0 saturated heterocycles. The summed E-state index contributed by atoms with van der Waals surface area (Å²) in [4.78, 5) is 38.1. The molecule has 190 valence electrons. The van der Waals surface area contributed by atoms with Gasteiger partial charge in [-0.05, 0) is 51.5 Å². The van der Waals surface area contributed by atoms with Gasteiger partial charge in [0.1, 0.15) is 12.6 Å². The van der Waals surface area contributed by atoms with E-state index >= 15 is 0 Å². The predicted molar refractivity (Wildman–Crippen MR) is 135 cm³/mol. The van der Waals surface area contributed by atoms with Crippen LogP contribution in [0.2, 0.25) is 5.02 Å². The summed E-state index contributed by atoms with van der Waals surface area (Å²) in [7, 11) is -4.00. The molecule has 2 aromatic carbocycles. The van der Waals surface area contributed by atoms with E-state index in [2.05, 4.69) is 5.32 Å². The van der Waals surface area contributed by atoms with Crippen LogP contribution in [0.1, 0.15) is 33.3 Å². The second-order valence-electron chi connectivity index (χ2n) is 9.11. The molecule has 0 heterocycles. The standard InChI is InChI=1S/C23H29ClN4O6S/c1-16(22(30)25-23(2,3)4)26(14-17-8-6-9-18(24)12-17)21(29)15-27(35(5,33)34)19-10-7-11-20(13-19)28(31)32/h6-13,16H,14-15H2,1-5H3,(H,25,30)/t16-/m1/s1. The number of halogens is 1. The Morgan fingerprint density at radius 1 is 1.14 bits per heavy atom. The van der Waals surface area contributed by atoms with E-state index < -0.39 is 44.9 Å². The van der Waals surface area contributed by atoms with Crippen molar-refractivity contribution >= 4 is 44.8 Å². The first-order valence-electron chi connectivity index (χ1n) is 10.7. The molecule has 0 saturated carbocycles. The highest BCUT2D eigenvalue weighted by Gasteiger charge is 2.31. The van der Waals surface area contributed by atoms with Crippen molar-refractivity contribution in [1.82, 2.24) is 10.2 Å². The molecule has 0 spiro atoms. The highest BCUT2D eigenvalue weighted by atomic mass is 35.5. The second kappa shape index (κ2) is 11.0. The Bertz CT molecular complexity index is 1210. The summed E-state index contributed by atoms with van der Waals surface area (Å²) >= 11 is 6.08. The van der Waals surface area contributed by atoms with Gasteiger partial charge < -0.3 is 10.2 Å². The molecular formula is C23H29ClN4O6S. The van der Waals surface area contributed by atoms with Crippen LogP contribution in [-0.2, 0) is 26.2 Å². The normalized spacial score (nSPS) is 12.5. The first kappa shape index (κ1) is 28.1. The summed E-state index contributed by atoms with van der Waals surface area (Å²) in [5.41, 5.74) is -0.276. The molecular weight excluding hydrogens is 496 g/mol. The second-order valence-corrected chi connectivity index (χ2v) is 11.5. The van der Waals surface area contributed by atoms with Crippen molar-refractivity contribution in [3.63, 3.8) is 0 Å². The van der Waals surface area contributed by atoms with E-state index in [-0.39, 0.29) is 17.9 Å². The van der Waals surface area contributed by atoms with Crippen LogP contribution in [0.15, 0.2) is 48.5 Å². The molecule has 2 rings (SSSR count). The summed E-state index contributed by atoms with van der Waals surface area (Å²) in [6.45, 7) is 6.28. The van der Waals surface area contributed by atoms with Gasteiger partial charge in [-0.15, -0.1) is 0 Å². The Morgan fingerprint density at radius 3 is 2.31 bits per heavy atom. The molecule has 35 heavy (non-hydrogen) atoms. The highest BCUT2D eigenvalue weighted by molar-refractivity contribution is 7.92. The number of rotatable bonds is 9. The molecule has 10 nitrogen and oxygen atoms in total. The Labute approximate surface area is 210 Å². The van der Waals surface area contributed by atoms with Crippen LogP contribution >= 0.6 is 11.6 Å². The van der Waals surface area contributed by atoms with Gasteiger partial charge in [0.15, 0.2) is 0 Å². The number of carbonyl (C=O) groups is 2. The maximum absolute atomic E-state index is 13.5. The summed E-state index contributed by atoms with van der Waals surface area (Å²) in [5, 5.41) is 14.4. The molecule has 0 aromatic heterocycles. The number of sulfonamides is 1. The van der Waals surface area contributed by atoms with Crippen LogP contribution in [-0.4, -0.2) is 54.4 Å². The lowest BCUT2D eigenvalue weighted by Gasteiger charge is -2.33. The van der Waals surface area contributed by atoms with Gasteiger partial charge in [0.25, 0.3) is 5.69 Å². The number of nitro benzene ring substituents is 1. The van der Waals surface area contributed by atoms with E-state index in [1.54, 1.807) is 52.0 Å². The molecule has 0 unspecified atom stereocenters. The van der Waals surface area contributed by atoms with Gasteiger partial charge in [-0.2, -0.15) is 0 Å². The number of non-ortho nitro benzene ring substituents is 1. The predicted octanol–water partition coefficient (Wildman–Crippen LogP) is 3.35. The van der Waals surface area contributed by atoms with Crippen molar-refractivity contribution in [3.8, 4) is 0 Å². The number of amides is 2. The third-order valence-electron chi connectivity index (χ3n) is 4.92. The van der Waals surface area contributed by atoms with Gasteiger partial charge >= 0.3 is 0 Å². The van der Waals surface area contributed by atoms with Crippen molar-refractivity contribution < 1.29 is 22.9 Å². The number of hydrogen-bond donors (Lipinski definition) is 1. The smallest absolute Gasteiger partial charge is 0.271 e. The zero-order valence-electron chi connectivity index (χ0n) is 20.2. The van der Waals surface area contributed by atoms with Gasteiger partial charge in [-0.3, -0.25) is 24.0 Å². The van der Waals surface area contributed by atoms with Gasteiger partial charge in [-0.25, -0.2) is 8.42 Å². The minimum atomic E-state index is -4.00. The average molecular weight is 525 g/mol. The Hall–Kier alpha value is -3.18. The van der Waals surface area contributed by atoms with Gasteiger partial charge in [0, 0.05) is 29.2 Å². The highest BCUT2D eigenvalue weighted by Crippen LogP contribution is 2.24. The molecule has 0 fully saturated rings. The molecule has 2 amide bonds. The summed E-state index contributed by atoms with van der Waals surface area (Å²) in [6, 6.07) is 10.8. The van der Waals surface area contributed by atoms with Gasteiger partial charge in [0.05, 0.1) is 16.9 Å². The fourth-order valence-electron chi connectivity index (χ4n) is 3.26. The largest absolute Gasteiger partial charge is 0.350 e. The molecule has 0 aliphatic rings. The summed E-state index contributed by atoms with van der Waals surface area (Å²) in [6.07, 6.45) is 0.899. The fraction of sp³-hybridized carbons (Fsp3) is 0.391. The third-order valence-corrected chi connectivity index (χ3v) is 6.29. The minimum Gasteiger partial charge on any atom is -0.350 e. The van der Waals surface area contributed by atoms with Gasteiger partial charge in [-0.1, -0.05) is 29.8 Å². The van der Waals surface area contributed by atoms with E-state index in [4.69, 9.17) is 11.6 Å². The zero-order chi connectivity index (χ0) is 26.6. The molecule has 0 aliphatic heterocycles. The van der Waals surface area contributed by atoms with Crippen LogP contribution < -0.4 is 9.62 Å². The number of nitrogens with one attached hydrogen (secondary N) is 1. The lowest BCUT2D eigenvalue weighted by molar-refractivity contribution is -0.384. The van der Waals surface area contributed by atoms with Crippen molar-refractivity contribution in [2.45, 2.75) is 45.8 Å². The zero-order valence-corrected chi connectivity index (χ0v) is 21.8. The van der Waals surface area contributed by atoms with E-state index in [1.165, 1.54) is 23.1 Å². The third kappa shape index (κ3) is 8.22. The molecule has 0 radical (unpaired) electrons. The van der Waals surface area contributed by atoms with E-state index in [9.17, 15) is 28.1 Å². The number of nitrogens with zero attached hydrogens (tertiary/aromatic N) is 3. The van der Waals surface area contributed by atoms with Crippen molar-refractivity contribution in [3.05, 3.63) is 69.2 Å². The first-order chi connectivity index (χ1) is 16.1. The summed E-state index contributed by atoms with van der Waals surface area (Å²) < 4.78 is 25.9. The minimum absolute atomic E-state index is 0.00926. The van der Waals surface area contributed by atoms with Crippen LogP contribution in [0.5, 0.6) is 0 Å². The van der Waals surface area contributed by atoms with Crippen molar-refractivity contribution in [2.24, 2.45) is 0 Å². The molecule has 1 N–H and O–H groups in total.